The number of aromatic nitrogens is 2. The SMILES string of the molecule is N#Cc1ccc(NC(=O)c2ccnc(NC3CCCCCC3)n2)cc1. The summed E-state index contributed by atoms with van der Waals surface area (Å²) in [4.78, 5) is 21.0. The summed E-state index contributed by atoms with van der Waals surface area (Å²) < 4.78 is 0. The number of benzene rings is 1. The third-order valence-electron chi connectivity index (χ3n) is 4.35. The zero-order valence-corrected chi connectivity index (χ0v) is 14.0. The molecular formula is C19H21N5O. The van der Waals surface area contributed by atoms with Gasteiger partial charge in [0.2, 0.25) is 5.95 Å². The first-order chi connectivity index (χ1) is 12.2. The van der Waals surface area contributed by atoms with Crippen LogP contribution in [-0.2, 0) is 0 Å². The number of nitrogens with zero attached hydrogens (tertiary/aromatic N) is 3. The van der Waals surface area contributed by atoms with Gasteiger partial charge in [-0.05, 0) is 43.2 Å². The highest BCUT2D eigenvalue weighted by molar-refractivity contribution is 6.02. The van der Waals surface area contributed by atoms with Crippen molar-refractivity contribution in [1.29, 1.82) is 5.26 Å². The number of hydrogen-bond acceptors (Lipinski definition) is 5. The molecule has 0 radical (unpaired) electrons. The Morgan fingerprint density at radius 3 is 2.48 bits per heavy atom. The van der Waals surface area contributed by atoms with Crippen molar-refractivity contribution < 1.29 is 4.79 Å². The lowest BCUT2D eigenvalue weighted by atomic mass is 10.1. The molecule has 0 unspecified atom stereocenters. The van der Waals surface area contributed by atoms with Crippen molar-refractivity contribution in [3.63, 3.8) is 0 Å². The first-order valence-electron chi connectivity index (χ1n) is 8.66. The lowest BCUT2D eigenvalue weighted by Gasteiger charge is -2.16. The highest BCUT2D eigenvalue weighted by Gasteiger charge is 2.14. The zero-order valence-electron chi connectivity index (χ0n) is 14.0. The number of hydrogen-bond donors (Lipinski definition) is 2. The van der Waals surface area contributed by atoms with Crippen LogP contribution < -0.4 is 10.6 Å². The molecular weight excluding hydrogens is 314 g/mol. The van der Waals surface area contributed by atoms with Gasteiger partial charge in [0.05, 0.1) is 11.6 Å². The Morgan fingerprint density at radius 1 is 1.08 bits per heavy atom. The van der Waals surface area contributed by atoms with E-state index in [0.29, 0.717) is 28.9 Å². The van der Waals surface area contributed by atoms with Gasteiger partial charge in [0.15, 0.2) is 0 Å². The molecule has 1 amide bonds. The van der Waals surface area contributed by atoms with Crippen LogP contribution in [-0.4, -0.2) is 21.9 Å². The molecule has 0 bridgehead atoms. The molecule has 3 rings (SSSR count). The van der Waals surface area contributed by atoms with E-state index in [1.54, 1.807) is 36.5 Å². The average Bonchev–Trinajstić information content (AvgIpc) is 2.91. The molecule has 128 valence electrons. The maximum Gasteiger partial charge on any atom is 0.274 e. The predicted molar refractivity (Wildman–Crippen MR) is 96.3 cm³/mol. The minimum absolute atomic E-state index is 0.295. The van der Waals surface area contributed by atoms with Crippen molar-refractivity contribution in [2.45, 2.75) is 44.6 Å². The summed E-state index contributed by atoms with van der Waals surface area (Å²) in [5.74, 6) is 0.204. The Kier molecular flexibility index (Phi) is 5.57. The first-order valence-corrected chi connectivity index (χ1v) is 8.66. The highest BCUT2D eigenvalue weighted by Crippen LogP contribution is 2.20. The van der Waals surface area contributed by atoms with E-state index >= 15 is 0 Å². The number of nitriles is 1. The predicted octanol–water partition coefficient (Wildman–Crippen LogP) is 3.74. The molecule has 25 heavy (non-hydrogen) atoms. The lowest BCUT2D eigenvalue weighted by molar-refractivity contribution is 0.102. The van der Waals surface area contributed by atoms with Crippen LogP contribution in [0.4, 0.5) is 11.6 Å². The van der Waals surface area contributed by atoms with Crippen molar-refractivity contribution in [2.75, 3.05) is 10.6 Å². The Morgan fingerprint density at radius 2 is 1.80 bits per heavy atom. The summed E-state index contributed by atoms with van der Waals surface area (Å²) in [6.07, 6.45) is 8.83. The van der Waals surface area contributed by atoms with E-state index in [4.69, 9.17) is 5.26 Å². The molecule has 0 aliphatic heterocycles. The van der Waals surface area contributed by atoms with Crippen LogP contribution >= 0.6 is 0 Å². The van der Waals surface area contributed by atoms with Gasteiger partial charge < -0.3 is 10.6 Å². The monoisotopic (exact) mass is 335 g/mol. The van der Waals surface area contributed by atoms with Gasteiger partial charge in [-0.2, -0.15) is 5.26 Å². The van der Waals surface area contributed by atoms with Gasteiger partial charge in [0.25, 0.3) is 5.91 Å². The van der Waals surface area contributed by atoms with Crippen LogP contribution in [0.25, 0.3) is 0 Å². The van der Waals surface area contributed by atoms with E-state index in [2.05, 4.69) is 20.6 Å². The van der Waals surface area contributed by atoms with Gasteiger partial charge in [0.1, 0.15) is 5.69 Å². The average molecular weight is 335 g/mol. The largest absolute Gasteiger partial charge is 0.351 e. The third-order valence-corrected chi connectivity index (χ3v) is 4.35. The van der Waals surface area contributed by atoms with Crippen LogP contribution in [0.5, 0.6) is 0 Å². The highest BCUT2D eigenvalue weighted by atomic mass is 16.1. The van der Waals surface area contributed by atoms with E-state index in [1.807, 2.05) is 6.07 Å². The van der Waals surface area contributed by atoms with Crippen molar-refractivity contribution in [3.05, 3.63) is 47.8 Å². The Bertz CT molecular complexity index is 758. The van der Waals surface area contributed by atoms with Crippen molar-refractivity contribution in [3.8, 4) is 6.07 Å². The number of carbonyl (C=O) groups excluding carboxylic acids is 1. The molecule has 2 N–H and O–H groups in total. The molecule has 1 aromatic carbocycles. The maximum absolute atomic E-state index is 12.4. The summed E-state index contributed by atoms with van der Waals surface area (Å²) in [5.41, 5.74) is 1.49. The Labute approximate surface area is 147 Å². The first kappa shape index (κ1) is 16.9. The second-order valence-electron chi connectivity index (χ2n) is 6.24. The van der Waals surface area contributed by atoms with Crippen LogP contribution in [0.3, 0.4) is 0 Å². The minimum atomic E-state index is -0.295. The number of anilines is 2. The number of rotatable bonds is 4. The van der Waals surface area contributed by atoms with Crippen LogP contribution in [0, 0.1) is 11.3 Å². The molecule has 1 aromatic heterocycles. The normalized spacial score (nSPS) is 15.0. The third kappa shape index (κ3) is 4.77. The van der Waals surface area contributed by atoms with E-state index < -0.39 is 0 Å². The Hall–Kier alpha value is -2.94. The molecule has 6 nitrogen and oxygen atoms in total. The van der Waals surface area contributed by atoms with Crippen molar-refractivity contribution >= 4 is 17.5 Å². The van der Waals surface area contributed by atoms with Gasteiger partial charge in [0, 0.05) is 17.9 Å². The summed E-state index contributed by atoms with van der Waals surface area (Å²) >= 11 is 0. The van der Waals surface area contributed by atoms with Crippen molar-refractivity contribution in [1.82, 2.24) is 9.97 Å². The van der Waals surface area contributed by atoms with Crippen LogP contribution in [0.1, 0.15) is 54.6 Å². The summed E-state index contributed by atoms with van der Waals surface area (Å²) in [5, 5.41) is 15.0. The summed E-state index contributed by atoms with van der Waals surface area (Å²) in [6.45, 7) is 0. The number of amides is 1. The molecule has 0 saturated heterocycles. The quantitative estimate of drug-likeness (QED) is 0.831. The fourth-order valence-corrected chi connectivity index (χ4v) is 2.98. The summed E-state index contributed by atoms with van der Waals surface area (Å²) in [7, 11) is 0. The molecule has 1 fully saturated rings. The topological polar surface area (TPSA) is 90.7 Å². The molecule has 1 aliphatic rings. The van der Waals surface area contributed by atoms with E-state index in [9.17, 15) is 4.79 Å². The molecule has 1 aliphatic carbocycles. The number of nitrogens with one attached hydrogen (secondary N) is 2. The molecule has 1 saturated carbocycles. The zero-order chi connectivity index (χ0) is 17.5. The van der Waals surface area contributed by atoms with Gasteiger partial charge in [-0.25, -0.2) is 9.97 Å². The van der Waals surface area contributed by atoms with E-state index in [1.165, 1.54) is 25.7 Å². The van der Waals surface area contributed by atoms with Gasteiger partial charge in [-0.15, -0.1) is 0 Å². The van der Waals surface area contributed by atoms with Gasteiger partial charge in [-0.3, -0.25) is 4.79 Å². The number of carbonyl (C=O) groups is 1. The fraction of sp³-hybridized carbons (Fsp3) is 0.368. The minimum Gasteiger partial charge on any atom is -0.351 e. The molecule has 2 aromatic rings. The smallest absolute Gasteiger partial charge is 0.274 e. The van der Waals surface area contributed by atoms with Crippen molar-refractivity contribution in [2.24, 2.45) is 0 Å². The second-order valence-corrected chi connectivity index (χ2v) is 6.24. The second kappa shape index (κ2) is 8.25. The molecule has 0 spiro atoms. The summed E-state index contributed by atoms with van der Waals surface area (Å²) in [6, 6.07) is 10.7. The Balaban J connectivity index is 1.65. The fourth-order valence-electron chi connectivity index (χ4n) is 2.98. The standard InChI is InChI=1S/C19H21N5O/c20-13-14-7-9-16(10-8-14)22-18(25)17-11-12-21-19(24-17)23-15-5-3-1-2-4-6-15/h7-12,15H,1-6H2,(H,22,25)(H,21,23,24). The van der Waals surface area contributed by atoms with Crippen LogP contribution in [0.2, 0.25) is 0 Å². The lowest BCUT2D eigenvalue weighted by Crippen LogP contribution is -2.21. The van der Waals surface area contributed by atoms with Crippen LogP contribution in [0.15, 0.2) is 36.5 Å². The van der Waals surface area contributed by atoms with E-state index in [-0.39, 0.29) is 5.91 Å². The molecule has 1 heterocycles. The van der Waals surface area contributed by atoms with Gasteiger partial charge in [-0.1, -0.05) is 25.7 Å². The molecule has 6 heteroatoms. The maximum atomic E-state index is 12.4. The molecule has 0 atom stereocenters. The van der Waals surface area contributed by atoms with Gasteiger partial charge >= 0.3 is 0 Å². The van der Waals surface area contributed by atoms with E-state index in [0.717, 1.165) is 12.8 Å².